The molecule has 0 aliphatic carbocycles. The third kappa shape index (κ3) is 5.19. The van der Waals surface area contributed by atoms with Gasteiger partial charge in [0.05, 0.1) is 14.2 Å². The summed E-state index contributed by atoms with van der Waals surface area (Å²) < 4.78 is 10.2. The number of ether oxygens (including phenoxy) is 2. The average molecular weight is 329 g/mol. The molecular weight excluding hydrogens is 306 g/mol. The maximum atomic E-state index is 11.9. The predicted molar refractivity (Wildman–Crippen MR) is 92.7 cm³/mol. The van der Waals surface area contributed by atoms with Gasteiger partial charge in [0.2, 0.25) is 5.91 Å². The lowest BCUT2D eigenvalue weighted by atomic mass is 10.1. The molecule has 0 radical (unpaired) electrons. The number of benzene rings is 2. The molecule has 2 aromatic carbocycles. The van der Waals surface area contributed by atoms with E-state index >= 15 is 0 Å². The second-order valence-electron chi connectivity index (χ2n) is 5.46. The van der Waals surface area contributed by atoms with Crippen molar-refractivity contribution in [3.05, 3.63) is 53.6 Å². The highest BCUT2D eigenvalue weighted by atomic mass is 16.5. The molecule has 0 saturated carbocycles. The molecule has 2 rings (SSSR count). The number of hydrogen-bond acceptors (Lipinski definition) is 4. The number of carbonyl (C=O) groups excluding carboxylic acids is 1. The first-order valence-corrected chi connectivity index (χ1v) is 7.88. The van der Waals surface area contributed by atoms with Gasteiger partial charge in [0.1, 0.15) is 5.75 Å². The molecule has 2 aromatic rings. The molecule has 0 saturated heterocycles. The minimum atomic E-state index is 0.00977. The Bertz CT molecular complexity index is 685. The fourth-order valence-electron chi connectivity index (χ4n) is 2.41. The Morgan fingerprint density at radius 1 is 1.04 bits per heavy atom. The lowest BCUT2D eigenvalue weighted by molar-refractivity contribution is -0.121. The van der Waals surface area contributed by atoms with Gasteiger partial charge in [-0.1, -0.05) is 18.2 Å². The predicted octanol–water partition coefficient (Wildman–Crippen LogP) is 2.70. The van der Waals surface area contributed by atoms with Crippen molar-refractivity contribution >= 4 is 5.91 Å². The number of phenolic OH excluding ortho intramolecular Hbond substituents is 1. The number of methoxy groups -OCH3 is 2. The van der Waals surface area contributed by atoms with Crippen LogP contribution in [-0.2, 0) is 17.6 Å². The van der Waals surface area contributed by atoms with Gasteiger partial charge in [-0.3, -0.25) is 4.79 Å². The molecule has 0 spiro atoms. The SMILES string of the molecule is COc1cccc(CCC(=O)NCCc2ccc(OC)c(O)c2)c1. The first kappa shape index (κ1) is 17.7. The van der Waals surface area contributed by atoms with Gasteiger partial charge in [-0.15, -0.1) is 0 Å². The topological polar surface area (TPSA) is 67.8 Å². The second-order valence-corrected chi connectivity index (χ2v) is 5.46. The lowest BCUT2D eigenvalue weighted by Crippen LogP contribution is -2.25. The zero-order valence-corrected chi connectivity index (χ0v) is 14.0. The molecule has 128 valence electrons. The Kier molecular flexibility index (Phi) is 6.49. The molecular formula is C19H23NO4. The summed E-state index contributed by atoms with van der Waals surface area (Å²) in [6.45, 7) is 0.530. The van der Waals surface area contributed by atoms with Crippen LogP contribution in [0.25, 0.3) is 0 Å². The van der Waals surface area contributed by atoms with Crippen LogP contribution in [0.1, 0.15) is 17.5 Å². The van der Waals surface area contributed by atoms with Crippen LogP contribution in [0.2, 0.25) is 0 Å². The van der Waals surface area contributed by atoms with E-state index in [1.54, 1.807) is 19.2 Å². The molecule has 2 N–H and O–H groups in total. The van der Waals surface area contributed by atoms with E-state index in [0.29, 0.717) is 31.6 Å². The number of nitrogens with one attached hydrogen (secondary N) is 1. The van der Waals surface area contributed by atoms with Crippen molar-refractivity contribution in [2.75, 3.05) is 20.8 Å². The van der Waals surface area contributed by atoms with Crippen LogP contribution in [-0.4, -0.2) is 31.8 Å². The maximum Gasteiger partial charge on any atom is 0.220 e. The summed E-state index contributed by atoms with van der Waals surface area (Å²) in [5.41, 5.74) is 2.02. The Balaban J connectivity index is 1.74. The molecule has 0 fully saturated rings. The van der Waals surface area contributed by atoms with Crippen LogP contribution in [0.3, 0.4) is 0 Å². The van der Waals surface area contributed by atoms with E-state index < -0.39 is 0 Å². The Morgan fingerprint density at radius 2 is 1.83 bits per heavy atom. The Hall–Kier alpha value is -2.69. The van der Waals surface area contributed by atoms with E-state index in [1.807, 2.05) is 30.3 Å². The highest BCUT2D eigenvalue weighted by Crippen LogP contribution is 2.26. The maximum absolute atomic E-state index is 11.9. The molecule has 0 aliphatic heterocycles. The van der Waals surface area contributed by atoms with Gasteiger partial charge in [0.15, 0.2) is 11.5 Å². The normalized spacial score (nSPS) is 10.2. The molecule has 0 heterocycles. The largest absolute Gasteiger partial charge is 0.504 e. The minimum absolute atomic E-state index is 0.00977. The third-order valence-electron chi connectivity index (χ3n) is 3.75. The van der Waals surface area contributed by atoms with Crippen LogP contribution in [0, 0.1) is 0 Å². The quantitative estimate of drug-likeness (QED) is 0.781. The van der Waals surface area contributed by atoms with Crippen LogP contribution in [0.15, 0.2) is 42.5 Å². The van der Waals surface area contributed by atoms with Gasteiger partial charge >= 0.3 is 0 Å². The van der Waals surface area contributed by atoms with Crippen molar-refractivity contribution in [1.29, 1.82) is 0 Å². The summed E-state index contributed by atoms with van der Waals surface area (Å²) >= 11 is 0. The molecule has 5 heteroatoms. The number of hydrogen-bond donors (Lipinski definition) is 2. The van der Waals surface area contributed by atoms with Gasteiger partial charge in [-0.25, -0.2) is 0 Å². The number of aromatic hydroxyl groups is 1. The van der Waals surface area contributed by atoms with Crippen LogP contribution in [0.5, 0.6) is 17.2 Å². The van der Waals surface area contributed by atoms with E-state index in [9.17, 15) is 9.90 Å². The Morgan fingerprint density at radius 3 is 2.54 bits per heavy atom. The van der Waals surface area contributed by atoms with Crippen LogP contribution in [0.4, 0.5) is 0 Å². The van der Waals surface area contributed by atoms with Gasteiger partial charge in [0, 0.05) is 13.0 Å². The zero-order chi connectivity index (χ0) is 17.4. The third-order valence-corrected chi connectivity index (χ3v) is 3.75. The summed E-state index contributed by atoms with van der Waals surface area (Å²) in [4.78, 5) is 11.9. The first-order valence-electron chi connectivity index (χ1n) is 7.88. The molecule has 0 aliphatic rings. The van der Waals surface area contributed by atoms with Gasteiger partial charge in [-0.2, -0.15) is 0 Å². The monoisotopic (exact) mass is 329 g/mol. The van der Waals surface area contributed by atoms with E-state index in [2.05, 4.69) is 5.32 Å². The minimum Gasteiger partial charge on any atom is -0.504 e. The molecule has 5 nitrogen and oxygen atoms in total. The fraction of sp³-hybridized carbons (Fsp3) is 0.316. The van der Waals surface area contributed by atoms with E-state index in [4.69, 9.17) is 9.47 Å². The average Bonchev–Trinajstić information content (AvgIpc) is 2.60. The zero-order valence-electron chi connectivity index (χ0n) is 14.0. The van der Waals surface area contributed by atoms with Crippen molar-refractivity contribution in [2.45, 2.75) is 19.3 Å². The van der Waals surface area contributed by atoms with E-state index in [1.165, 1.54) is 7.11 Å². The van der Waals surface area contributed by atoms with Crippen molar-refractivity contribution in [3.63, 3.8) is 0 Å². The number of amides is 1. The van der Waals surface area contributed by atoms with Gasteiger partial charge < -0.3 is 19.9 Å². The fourth-order valence-corrected chi connectivity index (χ4v) is 2.41. The molecule has 24 heavy (non-hydrogen) atoms. The van der Waals surface area contributed by atoms with Crippen molar-refractivity contribution in [2.24, 2.45) is 0 Å². The standard InChI is InChI=1S/C19H23NO4/c1-23-16-5-3-4-14(12-16)7-9-19(22)20-11-10-15-6-8-18(24-2)17(21)13-15/h3-6,8,12-13,21H,7,9-11H2,1-2H3,(H,20,22). The highest BCUT2D eigenvalue weighted by molar-refractivity contribution is 5.76. The molecule has 0 aromatic heterocycles. The van der Waals surface area contributed by atoms with Crippen LogP contribution < -0.4 is 14.8 Å². The summed E-state index contributed by atoms with van der Waals surface area (Å²) in [5, 5.41) is 12.6. The molecule has 0 bridgehead atoms. The molecule has 0 atom stereocenters. The molecule has 0 unspecified atom stereocenters. The number of carbonyl (C=O) groups is 1. The summed E-state index contributed by atoms with van der Waals surface area (Å²) in [7, 11) is 3.14. The van der Waals surface area contributed by atoms with Crippen molar-refractivity contribution < 1.29 is 19.4 Å². The van der Waals surface area contributed by atoms with E-state index in [-0.39, 0.29) is 11.7 Å². The van der Waals surface area contributed by atoms with Crippen molar-refractivity contribution in [3.8, 4) is 17.2 Å². The summed E-state index contributed by atoms with van der Waals surface area (Å²) in [6, 6.07) is 13.0. The molecule has 1 amide bonds. The Labute approximate surface area is 142 Å². The number of rotatable bonds is 8. The smallest absolute Gasteiger partial charge is 0.220 e. The van der Waals surface area contributed by atoms with Crippen molar-refractivity contribution in [1.82, 2.24) is 5.32 Å². The number of aryl methyl sites for hydroxylation is 1. The van der Waals surface area contributed by atoms with Gasteiger partial charge in [0.25, 0.3) is 0 Å². The summed E-state index contributed by atoms with van der Waals surface area (Å²) in [5.74, 6) is 1.36. The highest BCUT2D eigenvalue weighted by Gasteiger charge is 2.05. The summed E-state index contributed by atoms with van der Waals surface area (Å²) in [6.07, 6.45) is 1.76. The second kappa shape index (κ2) is 8.82. The lowest BCUT2D eigenvalue weighted by Gasteiger charge is -2.08. The number of phenols is 1. The van der Waals surface area contributed by atoms with Crippen LogP contribution >= 0.6 is 0 Å². The van der Waals surface area contributed by atoms with E-state index in [0.717, 1.165) is 16.9 Å². The first-order chi connectivity index (χ1) is 11.6. The van der Waals surface area contributed by atoms with Gasteiger partial charge in [-0.05, 0) is 48.2 Å².